The van der Waals surface area contributed by atoms with Gasteiger partial charge in [-0.3, -0.25) is 0 Å². The predicted octanol–water partition coefficient (Wildman–Crippen LogP) is 0.814. The Morgan fingerprint density at radius 2 is 2.14 bits per heavy atom. The van der Waals surface area contributed by atoms with Crippen LogP contribution >= 0.6 is 0 Å². The Kier molecular flexibility index (Phi) is 4.22. The molecule has 0 spiro atoms. The summed E-state index contributed by atoms with van der Waals surface area (Å²) in [6.45, 7) is 0.120. The van der Waals surface area contributed by atoms with Crippen molar-refractivity contribution in [3.05, 3.63) is 23.8 Å². The first-order chi connectivity index (χ1) is 9.80. The molecule has 0 aliphatic heterocycles. The Morgan fingerprint density at radius 1 is 1.48 bits per heavy atom. The lowest BCUT2D eigenvalue weighted by Crippen LogP contribution is -2.49. The Hall–Kier alpha value is -1.64. The van der Waals surface area contributed by atoms with Crippen LogP contribution in [-0.4, -0.2) is 38.7 Å². The highest BCUT2D eigenvalue weighted by atomic mass is 32.2. The number of anilines is 1. The molecule has 21 heavy (non-hydrogen) atoms. The third-order valence-electron chi connectivity index (χ3n) is 3.81. The summed E-state index contributed by atoms with van der Waals surface area (Å²) in [6.07, 6.45) is 2.54. The van der Waals surface area contributed by atoms with Crippen molar-refractivity contribution < 1.29 is 23.1 Å². The SMILES string of the molecule is COC1(CNS(=O)(=O)c2ccc(N)cc2C(=O)O)CCC1. The van der Waals surface area contributed by atoms with E-state index in [1.54, 1.807) is 7.11 Å². The van der Waals surface area contributed by atoms with E-state index in [0.29, 0.717) is 0 Å². The fourth-order valence-electron chi connectivity index (χ4n) is 2.28. The molecule has 2 rings (SSSR count). The number of hydrogen-bond acceptors (Lipinski definition) is 5. The second-order valence-corrected chi connectivity index (χ2v) is 6.86. The molecule has 0 aromatic heterocycles. The van der Waals surface area contributed by atoms with Crippen LogP contribution in [-0.2, 0) is 14.8 Å². The summed E-state index contributed by atoms with van der Waals surface area (Å²) in [5.74, 6) is -1.34. The van der Waals surface area contributed by atoms with Crippen LogP contribution in [0.3, 0.4) is 0 Å². The van der Waals surface area contributed by atoms with Crippen LogP contribution in [0.2, 0.25) is 0 Å². The molecule has 1 fully saturated rings. The number of nitrogens with two attached hydrogens (primary N) is 1. The highest BCUT2D eigenvalue weighted by molar-refractivity contribution is 7.89. The summed E-state index contributed by atoms with van der Waals surface area (Å²) in [6, 6.07) is 3.68. The first-order valence-corrected chi connectivity index (χ1v) is 7.96. The molecule has 1 aromatic carbocycles. The molecule has 0 atom stereocenters. The Balaban J connectivity index is 2.25. The van der Waals surface area contributed by atoms with Crippen LogP contribution in [0.5, 0.6) is 0 Å². The van der Waals surface area contributed by atoms with Gasteiger partial charge < -0.3 is 15.6 Å². The van der Waals surface area contributed by atoms with E-state index in [-0.39, 0.29) is 22.7 Å². The standard InChI is InChI=1S/C13H18N2O5S/c1-20-13(5-2-6-13)8-15-21(18,19)11-4-3-9(14)7-10(11)12(16)17/h3-4,7,15H,2,5-6,8,14H2,1H3,(H,16,17). The molecular formula is C13H18N2O5S. The molecule has 0 unspecified atom stereocenters. The highest BCUT2D eigenvalue weighted by Crippen LogP contribution is 2.34. The number of carboxylic acid groups (broad SMARTS) is 1. The molecule has 7 nitrogen and oxygen atoms in total. The van der Waals surface area contributed by atoms with E-state index >= 15 is 0 Å². The van der Waals surface area contributed by atoms with Crippen molar-refractivity contribution in [1.29, 1.82) is 0 Å². The average Bonchev–Trinajstić information content (AvgIpc) is 2.37. The van der Waals surface area contributed by atoms with E-state index in [1.165, 1.54) is 12.1 Å². The molecule has 1 aliphatic carbocycles. The number of carboxylic acids is 1. The number of aromatic carboxylic acids is 1. The molecule has 0 saturated heterocycles. The van der Waals surface area contributed by atoms with Crippen molar-refractivity contribution in [2.24, 2.45) is 0 Å². The van der Waals surface area contributed by atoms with Gasteiger partial charge in [-0.25, -0.2) is 17.9 Å². The van der Waals surface area contributed by atoms with Gasteiger partial charge in [-0.05, 0) is 37.5 Å². The quantitative estimate of drug-likeness (QED) is 0.669. The van der Waals surface area contributed by atoms with E-state index < -0.39 is 21.6 Å². The van der Waals surface area contributed by atoms with E-state index in [4.69, 9.17) is 15.6 Å². The third kappa shape index (κ3) is 3.17. The average molecular weight is 314 g/mol. The van der Waals surface area contributed by atoms with Crippen molar-refractivity contribution in [3.8, 4) is 0 Å². The van der Waals surface area contributed by atoms with E-state index in [9.17, 15) is 13.2 Å². The summed E-state index contributed by atoms with van der Waals surface area (Å²) < 4.78 is 32.4. The zero-order valence-electron chi connectivity index (χ0n) is 11.6. The molecule has 0 heterocycles. The van der Waals surface area contributed by atoms with E-state index in [0.717, 1.165) is 25.3 Å². The van der Waals surface area contributed by atoms with Crippen LogP contribution in [0.4, 0.5) is 5.69 Å². The maximum atomic E-state index is 12.3. The molecule has 0 amide bonds. The molecule has 1 aromatic rings. The number of nitrogens with one attached hydrogen (secondary N) is 1. The van der Waals surface area contributed by atoms with Gasteiger partial charge >= 0.3 is 5.97 Å². The number of methoxy groups -OCH3 is 1. The van der Waals surface area contributed by atoms with Gasteiger partial charge in [0, 0.05) is 19.3 Å². The second-order valence-electron chi connectivity index (χ2n) is 5.13. The number of hydrogen-bond donors (Lipinski definition) is 3. The van der Waals surface area contributed by atoms with Gasteiger partial charge in [-0.1, -0.05) is 0 Å². The first-order valence-electron chi connectivity index (χ1n) is 6.47. The lowest BCUT2D eigenvalue weighted by Gasteiger charge is -2.40. The Bertz CT molecular complexity index is 647. The summed E-state index contributed by atoms with van der Waals surface area (Å²) in [5, 5.41) is 9.11. The van der Waals surface area contributed by atoms with Crippen LogP contribution in [0.15, 0.2) is 23.1 Å². The normalized spacial score (nSPS) is 17.2. The number of rotatable bonds is 6. The lowest BCUT2D eigenvalue weighted by molar-refractivity contribution is -0.0659. The zero-order valence-corrected chi connectivity index (χ0v) is 12.4. The fourth-order valence-corrected chi connectivity index (χ4v) is 3.57. The molecule has 1 aliphatic rings. The maximum absolute atomic E-state index is 12.3. The van der Waals surface area contributed by atoms with E-state index in [2.05, 4.69) is 4.72 Å². The molecule has 8 heteroatoms. The highest BCUT2D eigenvalue weighted by Gasteiger charge is 2.38. The third-order valence-corrected chi connectivity index (χ3v) is 5.27. The number of benzene rings is 1. The number of carbonyl (C=O) groups is 1. The van der Waals surface area contributed by atoms with Gasteiger partial charge in [-0.2, -0.15) is 0 Å². The van der Waals surface area contributed by atoms with Crippen molar-refractivity contribution in [2.45, 2.75) is 29.8 Å². The summed E-state index contributed by atoms with van der Waals surface area (Å²) in [4.78, 5) is 10.9. The first kappa shape index (κ1) is 15.7. The summed E-state index contributed by atoms with van der Waals surface area (Å²) in [5.41, 5.74) is 4.87. The maximum Gasteiger partial charge on any atom is 0.337 e. The number of sulfonamides is 1. The van der Waals surface area contributed by atoms with Crippen molar-refractivity contribution in [3.63, 3.8) is 0 Å². The van der Waals surface area contributed by atoms with Crippen LogP contribution in [0.25, 0.3) is 0 Å². The second kappa shape index (κ2) is 5.63. The fraction of sp³-hybridized carbons (Fsp3) is 0.462. The molecule has 1 saturated carbocycles. The van der Waals surface area contributed by atoms with Gasteiger partial charge in [0.15, 0.2) is 0 Å². The van der Waals surface area contributed by atoms with Gasteiger partial charge in [0.05, 0.1) is 16.1 Å². The minimum absolute atomic E-state index is 0.120. The topological polar surface area (TPSA) is 119 Å². The van der Waals surface area contributed by atoms with Gasteiger partial charge in [0.1, 0.15) is 0 Å². The monoisotopic (exact) mass is 314 g/mol. The van der Waals surface area contributed by atoms with Gasteiger partial charge in [0.2, 0.25) is 10.0 Å². The predicted molar refractivity (Wildman–Crippen MR) is 76.6 cm³/mol. The zero-order chi connectivity index (χ0) is 15.7. The molecule has 4 N–H and O–H groups in total. The van der Waals surface area contributed by atoms with Crippen molar-refractivity contribution in [1.82, 2.24) is 4.72 Å². The molecule has 0 bridgehead atoms. The Morgan fingerprint density at radius 3 is 2.62 bits per heavy atom. The number of nitrogen functional groups attached to an aromatic ring is 1. The molecular weight excluding hydrogens is 296 g/mol. The largest absolute Gasteiger partial charge is 0.478 e. The minimum atomic E-state index is -3.94. The Labute approximate surface area is 123 Å². The summed E-state index contributed by atoms with van der Waals surface area (Å²) in [7, 11) is -2.40. The van der Waals surface area contributed by atoms with Gasteiger partial charge in [0.25, 0.3) is 0 Å². The number of ether oxygens (including phenoxy) is 1. The lowest BCUT2D eigenvalue weighted by atomic mass is 9.80. The van der Waals surface area contributed by atoms with E-state index in [1.807, 2.05) is 0 Å². The summed E-state index contributed by atoms with van der Waals surface area (Å²) >= 11 is 0. The smallest absolute Gasteiger partial charge is 0.337 e. The van der Waals surface area contributed by atoms with Gasteiger partial charge in [-0.15, -0.1) is 0 Å². The molecule has 0 radical (unpaired) electrons. The van der Waals surface area contributed by atoms with Crippen LogP contribution in [0, 0.1) is 0 Å². The minimum Gasteiger partial charge on any atom is -0.478 e. The van der Waals surface area contributed by atoms with Crippen molar-refractivity contribution >= 4 is 21.7 Å². The van der Waals surface area contributed by atoms with Crippen molar-refractivity contribution in [2.75, 3.05) is 19.4 Å². The van der Waals surface area contributed by atoms with Crippen LogP contribution < -0.4 is 10.5 Å². The van der Waals surface area contributed by atoms with Crippen LogP contribution in [0.1, 0.15) is 29.6 Å². The molecule has 116 valence electrons.